The van der Waals surface area contributed by atoms with Gasteiger partial charge in [0.1, 0.15) is 0 Å². The van der Waals surface area contributed by atoms with E-state index in [0.29, 0.717) is 0 Å². The van der Waals surface area contributed by atoms with Gasteiger partial charge in [-0.1, -0.05) is 28.1 Å². The monoisotopic (exact) mass is 351 g/mol. The van der Waals surface area contributed by atoms with E-state index >= 15 is 0 Å². The molecule has 3 nitrogen and oxygen atoms in total. The number of imidazole rings is 1. The lowest BCUT2D eigenvalue weighted by Crippen LogP contribution is -2.16. The second-order valence-electron chi connectivity index (χ2n) is 3.63. The highest BCUT2D eigenvalue weighted by molar-refractivity contribution is 9.10. The number of rotatable bonds is 5. The van der Waals surface area contributed by atoms with Gasteiger partial charge in [-0.15, -0.1) is 24.8 Å². The van der Waals surface area contributed by atoms with Gasteiger partial charge in [-0.25, -0.2) is 4.98 Å². The first-order valence-corrected chi connectivity index (χ1v) is 6.06. The number of aromatic amines is 1. The fourth-order valence-electron chi connectivity index (χ4n) is 1.48. The smallest absolute Gasteiger partial charge is 0.0921 e. The predicted octanol–water partition coefficient (Wildman–Crippen LogP) is 3.35. The molecule has 1 heterocycles. The lowest BCUT2D eigenvalue weighted by Gasteiger charge is -2.04. The molecule has 0 spiro atoms. The van der Waals surface area contributed by atoms with E-state index < -0.39 is 0 Å². The van der Waals surface area contributed by atoms with Crippen LogP contribution in [0.15, 0.2) is 41.3 Å². The Morgan fingerprint density at radius 2 is 1.89 bits per heavy atom. The molecule has 0 aliphatic carbocycles. The van der Waals surface area contributed by atoms with Crippen LogP contribution in [0.3, 0.4) is 0 Å². The largest absolute Gasteiger partial charge is 0.348 e. The second-order valence-corrected chi connectivity index (χ2v) is 4.55. The van der Waals surface area contributed by atoms with E-state index in [1.54, 1.807) is 6.33 Å². The SMILES string of the molecule is Brc1ccc(CNCCc2cnc[nH]2)cc1.Cl.Cl. The second kappa shape index (κ2) is 9.39. The third kappa shape index (κ3) is 5.87. The minimum absolute atomic E-state index is 0. The van der Waals surface area contributed by atoms with Gasteiger partial charge >= 0.3 is 0 Å². The molecule has 2 rings (SSSR count). The van der Waals surface area contributed by atoms with Crippen LogP contribution in [0.1, 0.15) is 11.3 Å². The van der Waals surface area contributed by atoms with Crippen LogP contribution in [0.4, 0.5) is 0 Å². The van der Waals surface area contributed by atoms with E-state index in [1.165, 1.54) is 11.3 Å². The summed E-state index contributed by atoms with van der Waals surface area (Å²) in [6.07, 6.45) is 4.56. The highest BCUT2D eigenvalue weighted by Gasteiger charge is 1.95. The molecule has 0 saturated heterocycles. The van der Waals surface area contributed by atoms with Crippen molar-refractivity contribution >= 4 is 40.7 Å². The third-order valence-electron chi connectivity index (χ3n) is 2.37. The molecule has 0 amide bonds. The summed E-state index contributed by atoms with van der Waals surface area (Å²) in [4.78, 5) is 7.07. The van der Waals surface area contributed by atoms with E-state index in [4.69, 9.17) is 0 Å². The van der Waals surface area contributed by atoms with Gasteiger partial charge in [0.05, 0.1) is 6.33 Å². The molecule has 1 aromatic carbocycles. The van der Waals surface area contributed by atoms with Gasteiger partial charge < -0.3 is 10.3 Å². The minimum atomic E-state index is 0. The normalized spacial score (nSPS) is 9.39. The molecule has 2 N–H and O–H groups in total. The van der Waals surface area contributed by atoms with Crippen molar-refractivity contribution in [2.75, 3.05) is 6.54 Å². The van der Waals surface area contributed by atoms with Gasteiger partial charge in [-0.05, 0) is 17.7 Å². The average molecular weight is 353 g/mol. The Labute approximate surface area is 128 Å². The van der Waals surface area contributed by atoms with Crippen LogP contribution in [-0.2, 0) is 13.0 Å². The number of hydrogen-bond donors (Lipinski definition) is 2. The molecule has 0 atom stereocenters. The van der Waals surface area contributed by atoms with Crippen LogP contribution >= 0.6 is 40.7 Å². The van der Waals surface area contributed by atoms with Gasteiger partial charge in [-0.3, -0.25) is 0 Å². The van der Waals surface area contributed by atoms with Gasteiger partial charge in [-0.2, -0.15) is 0 Å². The molecule has 0 bridgehead atoms. The standard InChI is InChI=1S/C12H14BrN3.2ClH/c13-11-3-1-10(2-4-11)7-14-6-5-12-8-15-9-16-12;;/h1-4,8-9,14H,5-7H2,(H,15,16);2*1H. The summed E-state index contributed by atoms with van der Waals surface area (Å²) in [5.41, 5.74) is 2.47. The molecule has 0 saturated carbocycles. The van der Waals surface area contributed by atoms with Gasteiger partial charge in [0.15, 0.2) is 0 Å². The summed E-state index contributed by atoms with van der Waals surface area (Å²) in [6, 6.07) is 8.36. The van der Waals surface area contributed by atoms with Crippen LogP contribution in [0.25, 0.3) is 0 Å². The average Bonchev–Trinajstić information content (AvgIpc) is 2.80. The highest BCUT2D eigenvalue weighted by Crippen LogP contribution is 2.10. The summed E-state index contributed by atoms with van der Waals surface area (Å²) in [6.45, 7) is 1.86. The van der Waals surface area contributed by atoms with E-state index in [-0.39, 0.29) is 24.8 Å². The Hall–Kier alpha value is -0.550. The number of aromatic nitrogens is 2. The minimum Gasteiger partial charge on any atom is -0.348 e. The van der Waals surface area contributed by atoms with Crippen molar-refractivity contribution in [3.8, 4) is 0 Å². The van der Waals surface area contributed by atoms with Crippen molar-refractivity contribution in [2.24, 2.45) is 0 Å². The zero-order valence-electron chi connectivity index (χ0n) is 9.73. The first-order valence-electron chi connectivity index (χ1n) is 5.27. The Balaban J connectivity index is 0.00000144. The highest BCUT2D eigenvalue weighted by atomic mass is 79.9. The van der Waals surface area contributed by atoms with Crippen molar-refractivity contribution in [3.63, 3.8) is 0 Å². The molecule has 0 unspecified atom stereocenters. The van der Waals surface area contributed by atoms with Crippen LogP contribution in [-0.4, -0.2) is 16.5 Å². The quantitative estimate of drug-likeness (QED) is 0.810. The molecule has 6 heteroatoms. The summed E-state index contributed by atoms with van der Waals surface area (Å²) >= 11 is 3.42. The lowest BCUT2D eigenvalue weighted by atomic mass is 10.2. The van der Waals surface area contributed by atoms with Crippen molar-refractivity contribution in [1.29, 1.82) is 0 Å². The van der Waals surface area contributed by atoms with Crippen LogP contribution < -0.4 is 5.32 Å². The van der Waals surface area contributed by atoms with Crippen LogP contribution in [0.2, 0.25) is 0 Å². The van der Waals surface area contributed by atoms with E-state index in [9.17, 15) is 0 Å². The Morgan fingerprint density at radius 3 is 2.50 bits per heavy atom. The first kappa shape index (κ1) is 17.4. The number of H-pyrrole nitrogens is 1. The maximum absolute atomic E-state index is 3.98. The molecule has 0 aliphatic heterocycles. The number of hydrogen-bond acceptors (Lipinski definition) is 2. The maximum Gasteiger partial charge on any atom is 0.0921 e. The Bertz CT molecular complexity index is 417. The number of nitrogens with one attached hydrogen (secondary N) is 2. The maximum atomic E-state index is 3.98. The van der Waals surface area contributed by atoms with Gasteiger partial charge in [0.25, 0.3) is 0 Å². The van der Waals surface area contributed by atoms with E-state index in [1.807, 2.05) is 6.20 Å². The van der Waals surface area contributed by atoms with Crippen molar-refractivity contribution in [1.82, 2.24) is 15.3 Å². The summed E-state index contributed by atoms with van der Waals surface area (Å²) in [5.74, 6) is 0. The predicted molar refractivity (Wildman–Crippen MR) is 82.6 cm³/mol. The fraction of sp³-hybridized carbons (Fsp3) is 0.250. The molecule has 100 valence electrons. The van der Waals surface area contributed by atoms with Gasteiger partial charge in [0.2, 0.25) is 0 Å². The number of halogens is 3. The van der Waals surface area contributed by atoms with Crippen molar-refractivity contribution < 1.29 is 0 Å². The molecule has 1 aromatic heterocycles. The van der Waals surface area contributed by atoms with Gasteiger partial charge in [0, 0.05) is 35.9 Å². The van der Waals surface area contributed by atoms with Crippen molar-refractivity contribution in [3.05, 3.63) is 52.5 Å². The summed E-state index contributed by atoms with van der Waals surface area (Å²) < 4.78 is 1.12. The molecule has 18 heavy (non-hydrogen) atoms. The van der Waals surface area contributed by atoms with Crippen LogP contribution in [0, 0.1) is 0 Å². The molecule has 0 radical (unpaired) electrons. The Morgan fingerprint density at radius 1 is 1.17 bits per heavy atom. The topological polar surface area (TPSA) is 40.7 Å². The fourth-order valence-corrected chi connectivity index (χ4v) is 1.74. The summed E-state index contributed by atoms with van der Waals surface area (Å²) in [5, 5.41) is 3.40. The molecular formula is C12H16BrCl2N3. The molecule has 0 aliphatic rings. The summed E-state index contributed by atoms with van der Waals surface area (Å²) in [7, 11) is 0. The zero-order valence-corrected chi connectivity index (χ0v) is 12.9. The lowest BCUT2D eigenvalue weighted by molar-refractivity contribution is 0.681. The number of benzene rings is 1. The molecule has 2 aromatic rings. The Kier molecular flexibility index (Phi) is 9.10. The first-order chi connectivity index (χ1) is 7.84. The third-order valence-corrected chi connectivity index (χ3v) is 2.90. The zero-order chi connectivity index (χ0) is 11.2. The molecular weight excluding hydrogens is 337 g/mol. The number of nitrogens with zero attached hydrogens (tertiary/aromatic N) is 1. The van der Waals surface area contributed by atoms with Crippen LogP contribution in [0.5, 0.6) is 0 Å². The molecule has 0 fully saturated rings. The van der Waals surface area contributed by atoms with E-state index in [2.05, 4.69) is 55.5 Å². The van der Waals surface area contributed by atoms with Crippen molar-refractivity contribution in [2.45, 2.75) is 13.0 Å². The van der Waals surface area contributed by atoms with E-state index in [0.717, 1.165) is 24.0 Å².